The molecule has 3 rings (SSSR count). The summed E-state index contributed by atoms with van der Waals surface area (Å²) in [5.74, 6) is -0.0198. The lowest BCUT2D eigenvalue weighted by atomic mass is 10.1. The van der Waals surface area contributed by atoms with Gasteiger partial charge in [-0.1, -0.05) is 11.6 Å². The van der Waals surface area contributed by atoms with Crippen LogP contribution in [0.1, 0.15) is 42.3 Å². The number of aromatic nitrogens is 2. The molecule has 1 aliphatic rings. The van der Waals surface area contributed by atoms with Gasteiger partial charge in [0.25, 0.3) is 11.5 Å². The number of hydrogen-bond donors (Lipinski definition) is 2. The Labute approximate surface area is 169 Å². The number of amides is 2. The number of carbonyl (C=O) groups is 2. The van der Waals surface area contributed by atoms with Crippen LogP contribution in [-0.2, 0) is 11.3 Å². The first-order valence-electron chi connectivity index (χ1n) is 9.88. The number of pyridine rings is 1. The Hall–Kier alpha value is -2.94. The zero-order chi connectivity index (χ0) is 20.8. The van der Waals surface area contributed by atoms with Crippen LogP contribution in [0.5, 0.6) is 0 Å². The van der Waals surface area contributed by atoms with Gasteiger partial charge in [0.1, 0.15) is 17.9 Å². The quantitative estimate of drug-likeness (QED) is 0.726. The number of likely N-dealkylation sites (tertiary alicyclic amines) is 1. The molecule has 1 atom stereocenters. The average molecular weight is 401 g/mol. The topological polar surface area (TPSA) is 109 Å². The lowest BCUT2D eigenvalue weighted by Crippen LogP contribution is -2.45. The predicted molar refractivity (Wildman–Crippen MR) is 108 cm³/mol. The van der Waals surface area contributed by atoms with E-state index >= 15 is 0 Å². The molecule has 2 aromatic rings. The number of carbonyl (C=O) groups excluding carboxylic acids is 2. The van der Waals surface area contributed by atoms with E-state index in [4.69, 9.17) is 4.52 Å². The van der Waals surface area contributed by atoms with Gasteiger partial charge in [-0.25, -0.2) is 0 Å². The highest BCUT2D eigenvalue weighted by atomic mass is 16.5. The molecule has 0 radical (unpaired) electrons. The summed E-state index contributed by atoms with van der Waals surface area (Å²) in [6, 6.07) is 4.56. The number of hydrogen-bond acceptors (Lipinski definition) is 6. The van der Waals surface area contributed by atoms with E-state index in [1.54, 1.807) is 19.1 Å². The van der Waals surface area contributed by atoms with Gasteiger partial charge in [-0.3, -0.25) is 14.4 Å². The molecule has 0 aromatic carbocycles. The Balaban J connectivity index is 1.60. The molecule has 3 heterocycles. The Kier molecular flexibility index (Phi) is 6.82. The van der Waals surface area contributed by atoms with Crippen molar-refractivity contribution in [1.29, 1.82) is 0 Å². The summed E-state index contributed by atoms with van der Waals surface area (Å²) >= 11 is 0. The monoisotopic (exact) mass is 401 g/mol. The molecule has 0 bridgehead atoms. The minimum Gasteiger partial charge on any atom is -0.360 e. The molecule has 1 fully saturated rings. The molecule has 1 unspecified atom stereocenters. The molecule has 0 spiro atoms. The highest BCUT2D eigenvalue weighted by Gasteiger charge is 2.18. The highest BCUT2D eigenvalue weighted by Crippen LogP contribution is 2.09. The van der Waals surface area contributed by atoms with Crippen molar-refractivity contribution >= 4 is 17.6 Å². The molecular formula is C20H27N5O4. The zero-order valence-corrected chi connectivity index (χ0v) is 16.8. The number of rotatable bonds is 7. The third-order valence-electron chi connectivity index (χ3n) is 4.83. The van der Waals surface area contributed by atoms with Gasteiger partial charge in [0.05, 0.1) is 0 Å². The molecule has 2 aromatic heterocycles. The lowest BCUT2D eigenvalue weighted by Gasteiger charge is -2.29. The van der Waals surface area contributed by atoms with Crippen molar-refractivity contribution in [2.45, 2.75) is 45.7 Å². The van der Waals surface area contributed by atoms with Crippen LogP contribution in [0, 0.1) is 6.92 Å². The summed E-state index contributed by atoms with van der Waals surface area (Å²) in [4.78, 5) is 39.7. The van der Waals surface area contributed by atoms with Crippen molar-refractivity contribution in [1.82, 2.24) is 19.9 Å². The Bertz CT molecular complexity index is 914. The van der Waals surface area contributed by atoms with Gasteiger partial charge < -0.3 is 24.6 Å². The largest absolute Gasteiger partial charge is 0.360 e. The third-order valence-corrected chi connectivity index (χ3v) is 4.83. The molecule has 29 heavy (non-hydrogen) atoms. The van der Waals surface area contributed by atoms with Crippen LogP contribution in [0.25, 0.3) is 0 Å². The van der Waals surface area contributed by atoms with Crippen LogP contribution in [0.2, 0.25) is 0 Å². The molecule has 2 amide bonds. The minimum absolute atomic E-state index is 0.0167. The molecule has 2 N–H and O–H groups in total. The van der Waals surface area contributed by atoms with E-state index in [9.17, 15) is 14.4 Å². The number of nitrogens with zero attached hydrogens (tertiary/aromatic N) is 3. The van der Waals surface area contributed by atoms with Crippen molar-refractivity contribution in [2.24, 2.45) is 0 Å². The van der Waals surface area contributed by atoms with E-state index in [-0.39, 0.29) is 24.0 Å². The predicted octanol–water partition coefficient (Wildman–Crippen LogP) is 1.39. The van der Waals surface area contributed by atoms with Gasteiger partial charge in [-0.2, -0.15) is 0 Å². The first-order valence-corrected chi connectivity index (χ1v) is 9.88. The van der Waals surface area contributed by atoms with Crippen LogP contribution in [0.15, 0.2) is 33.7 Å². The maximum atomic E-state index is 12.7. The summed E-state index contributed by atoms with van der Waals surface area (Å²) in [5, 5.41) is 9.13. The van der Waals surface area contributed by atoms with Gasteiger partial charge >= 0.3 is 0 Å². The van der Waals surface area contributed by atoms with Crippen molar-refractivity contribution in [3.05, 3.63) is 46.1 Å². The van der Waals surface area contributed by atoms with Crippen molar-refractivity contribution in [3.63, 3.8) is 0 Å². The Morgan fingerprint density at radius 1 is 1.28 bits per heavy atom. The van der Waals surface area contributed by atoms with E-state index < -0.39 is 17.4 Å². The lowest BCUT2D eigenvalue weighted by molar-refractivity contribution is -0.116. The Morgan fingerprint density at radius 3 is 2.72 bits per heavy atom. The van der Waals surface area contributed by atoms with Crippen molar-refractivity contribution in [3.8, 4) is 0 Å². The number of nitrogens with one attached hydrogen (secondary N) is 2. The van der Waals surface area contributed by atoms with Gasteiger partial charge in [0.2, 0.25) is 5.91 Å². The minimum atomic E-state index is -0.512. The summed E-state index contributed by atoms with van der Waals surface area (Å²) in [7, 11) is 0. The van der Waals surface area contributed by atoms with E-state index in [1.807, 2.05) is 6.92 Å². The Morgan fingerprint density at radius 2 is 2.03 bits per heavy atom. The van der Waals surface area contributed by atoms with Crippen molar-refractivity contribution in [2.75, 3.05) is 25.0 Å². The first-order chi connectivity index (χ1) is 13.9. The molecule has 0 saturated carbocycles. The summed E-state index contributed by atoms with van der Waals surface area (Å²) < 4.78 is 6.09. The van der Waals surface area contributed by atoms with Crippen LogP contribution >= 0.6 is 0 Å². The van der Waals surface area contributed by atoms with E-state index in [0.717, 1.165) is 19.6 Å². The van der Waals surface area contributed by atoms with Crippen LogP contribution in [0.3, 0.4) is 0 Å². The van der Waals surface area contributed by atoms with E-state index in [1.165, 1.54) is 36.1 Å². The normalized spacial score (nSPS) is 15.7. The van der Waals surface area contributed by atoms with E-state index in [2.05, 4.69) is 20.7 Å². The molecule has 156 valence electrons. The van der Waals surface area contributed by atoms with Crippen LogP contribution in [-0.4, -0.2) is 52.1 Å². The third kappa shape index (κ3) is 5.77. The fourth-order valence-electron chi connectivity index (χ4n) is 3.47. The molecule has 9 heteroatoms. The SMILES string of the molecule is Cc1cc(NC(=O)Cn2cccc(C(=O)NC(C)CN3CCCCC3)c2=O)no1. The number of aryl methyl sites for hydroxylation is 1. The van der Waals surface area contributed by atoms with Gasteiger partial charge in [0.15, 0.2) is 5.82 Å². The maximum absolute atomic E-state index is 12.7. The second-order valence-electron chi connectivity index (χ2n) is 7.46. The van der Waals surface area contributed by atoms with Crippen LogP contribution in [0.4, 0.5) is 5.82 Å². The van der Waals surface area contributed by atoms with Crippen LogP contribution < -0.4 is 16.2 Å². The summed E-state index contributed by atoms with van der Waals surface area (Å²) in [6.07, 6.45) is 5.09. The zero-order valence-electron chi connectivity index (χ0n) is 16.8. The summed E-state index contributed by atoms with van der Waals surface area (Å²) in [6.45, 7) is 6.25. The fourth-order valence-corrected chi connectivity index (χ4v) is 3.47. The molecule has 1 aliphatic heterocycles. The van der Waals surface area contributed by atoms with E-state index in [0.29, 0.717) is 5.76 Å². The van der Waals surface area contributed by atoms with Gasteiger partial charge in [-0.15, -0.1) is 0 Å². The smallest absolute Gasteiger partial charge is 0.263 e. The van der Waals surface area contributed by atoms with Crippen molar-refractivity contribution < 1.29 is 14.1 Å². The second-order valence-corrected chi connectivity index (χ2v) is 7.46. The molecule has 9 nitrogen and oxygen atoms in total. The molecule has 1 saturated heterocycles. The first kappa shape index (κ1) is 20.8. The van der Waals surface area contributed by atoms with Gasteiger partial charge in [-0.05, 0) is 51.9 Å². The highest BCUT2D eigenvalue weighted by molar-refractivity contribution is 5.94. The second kappa shape index (κ2) is 9.51. The fraction of sp³-hybridized carbons (Fsp3) is 0.500. The number of piperidine rings is 1. The summed E-state index contributed by atoms with van der Waals surface area (Å²) in [5.41, 5.74) is -0.496. The average Bonchev–Trinajstić information content (AvgIpc) is 3.08. The maximum Gasteiger partial charge on any atom is 0.263 e. The number of anilines is 1. The van der Waals surface area contributed by atoms with Gasteiger partial charge in [0, 0.05) is 24.8 Å². The standard InChI is InChI=1S/C20H27N5O4/c1-14(12-24-8-4-3-5-9-24)21-19(27)16-7-6-10-25(20(16)28)13-18(26)22-17-11-15(2)29-23-17/h6-7,10-11,14H,3-5,8-9,12-13H2,1-2H3,(H,21,27)(H,22,23,26). The molecular weight excluding hydrogens is 374 g/mol. The molecule has 0 aliphatic carbocycles.